The summed E-state index contributed by atoms with van der Waals surface area (Å²) in [6.45, 7) is 8.24. The molecule has 1 saturated heterocycles. The van der Waals surface area contributed by atoms with Crippen LogP contribution in [-0.4, -0.2) is 37.7 Å². The zero-order valence-electron chi connectivity index (χ0n) is 10.9. The van der Waals surface area contributed by atoms with Crippen molar-refractivity contribution in [3.8, 4) is 0 Å². The van der Waals surface area contributed by atoms with Gasteiger partial charge in [0.15, 0.2) is 5.58 Å². The van der Waals surface area contributed by atoms with Crippen molar-refractivity contribution in [2.45, 2.75) is 0 Å². The van der Waals surface area contributed by atoms with Gasteiger partial charge in [-0.25, -0.2) is 0 Å². The number of benzene rings is 1. The smallest absolute Gasteiger partial charge is 0.298 e. The van der Waals surface area contributed by atoms with Crippen molar-refractivity contribution in [2.75, 3.05) is 42.9 Å². The lowest BCUT2D eigenvalue weighted by Gasteiger charge is -2.25. The molecule has 3 rings (SSSR count). The molecule has 2 heterocycles. The molecule has 19 heavy (non-hydrogen) atoms. The second kappa shape index (κ2) is 5.32. The normalized spacial score (nSPS) is 15.7. The maximum atomic E-state index is 5.85. The van der Waals surface area contributed by atoms with E-state index in [1.165, 1.54) is 0 Å². The predicted octanol–water partition coefficient (Wildman–Crippen LogP) is 1.84. The number of fused-ring (bicyclic) bond motifs is 1. The van der Waals surface area contributed by atoms with Crippen molar-refractivity contribution < 1.29 is 4.42 Å². The fourth-order valence-electron chi connectivity index (χ4n) is 2.25. The van der Waals surface area contributed by atoms with E-state index in [-0.39, 0.29) is 0 Å². The number of hydrogen-bond acceptors (Lipinski definition) is 5. The zero-order valence-corrected chi connectivity index (χ0v) is 10.9. The molecule has 0 atom stereocenters. The highest BCUT2D eigenvalue weighted by Gasteiger charge is 2.17. The van der Waals surface area contributed by atoms with Crippen LogP contribution in [0.25, 0.3) is 11.1 Å². The molecule has 0 bridgehead atoms. The van der Waals surface area contributed by atoms with E-state index in [0.717, 1.165) is 49.5 Å². The van der Waals surface area contributed by atoms with Crippen LogP contribution in [0.1, 0.15) is 0 Å². The van der Waals surface area contributed by atoms with Gasteiger partial charge < -0.3 is 20.0 Å². The van der Waals surface area contributed by atoms with E-state index >= 15 is 0 Å². The molecule has 0 spiro atoms. The summed E-state index contributed by atoms with van der Waals surface area (Å²) in [4.78, 5) is 6.80. The number of nitrogens with zero attached hydrogens (tertiary/aromatic N) is 2. The first-order chi connectivity index (χ1) is 9.38. The van der Waals surface area contributed by atoms with Crippen molar-refractivity contribution in [3.63, 3.8) is 0 Å². The molecule has 0 unspecified atom stereocenters. The highest BCUT2D eigenvalue weighted by Crippen LogP contribution is 2.27. The average Bonchev–Trinajstić information content (AvgIpc) is 2.90. The minimum Gasteiger partial charge on any atom is -0.423 e. The van der Waals surface area contributed by atoms with Gasteiger partial charge in [0, 0.05) is 32.7 Å². The van der Waals surface area contributed by atoms with Crippen molar-refractivity contribution in [3.05, 3.63) is 30.9 Å². The number of rotatable bonds is 4. The standard InChI is InChI=1S/C14H18N4O/c1-2-6-16-11-4-3-5-12-13(11)17-14(19-12)18-9-7-15-8-10-18/h2-5,15-16H,1,6-10H2. The Bertz CT molecular complexity index is 572. The molecule has 0 radical (unpaired) electrons. The predicted molar refractivity (Wildman–Crippen MR) is 77.8 cm³/mol. The Morgan fingerprint density at radius 1 is 1.42 bits per heavy atom. The number of piperazine rings is 1. The van der Waals surface area contributed by atoms with Crippen LogP contribution in [0.15, 0.2) is 35.3 Å². The largest absolute Gasteiger partial charge is 0.423 e. The highest BCUT2D eigenvalue weighted by atomic mass is 16.4. The van der Waals surface area contributed by atoms with Crippen molar-refractivity contribution >= 4 is 22.8 Å². The molecule has 0 amide bonds. The first-order valence-corrected chi connectivity index (χ1v) is 6.58. The fourth-order valence-corrected chi connectivity index (χ4v) is 2.25. The third kappa shape index (κ3) is 2.42. The van der Waals surface area contributed by atoms with E-state index < -0.39 is 0 Å². The lowest BCUT2D eigenvalue weighted by atomic mass is 10.3. The van der Waals surface area contributed by atoms with E-state index in [4.69, 9.17) is 4.42 Å². The lowest BCUT2D eigenvalue weighted by Crippen LogP contribution is -2.43. The minimum absolute atomic E-state index is 0.712. The monoisotopic (exact) mass is 258 g/mol. The maximum absolute atomic E-state index is 5.85. The molecule has 1 aliphatic rings. The third-order valence-electron chi connectivity index (χ3n) is 3.23. The second-order valence-electron chi connectivity index (χ2n) is 4.56. The number of oxazole rings is 1. The first-order valence-electron chi connectivity index (χ1n) is 6.58. The molecule has 0 saturated carbocycles. The Morgan fingerprint density at radius 2 is 2.26 bits per heavy atom. The molecule has 5 heteroatoms. The number of aromatic nitrogens is 1. The summed E-state index contributed by atoms with van der Waals surface area (Å²) in [5, 5.41) is 6.61. The summed E-state index contributed by atoms with van der Waals surface area (Å²) in [6, 6.07) is 6.65. The van der Waals surface area contributed by atoms with Crippen LogP contribution in [0.4, 0.5) is 11.7 Å². The summed E-state index contributed by atoms with van der Waals surface area (Å²) in [7, 11) is 0. The van der Waals surface area contributed by atoms with Crippen LogP contribution in [0, 0.1) is 0 Å². The Hall–Kier alpha value is -2.01. The van der Waals surface area contributed by atoms with Crippen molar-refractivity contribution in [1.82, 2.24) is 10.3 Å². The van der Waals surface area contributed by atoms with Crippen LogP contribution in [0.2, 0.25) is 0 Å². The van der Waals surface area contributed by atoms with Gasteiger partial charge in [-0.15, -0.1) is 6.58 Å². The minimum atomic E-state index is 0.712. The summed E-state index contributed by atoms with van der Waals surface area (Å²) in [5.41, 5.74) is 2.70. The first kappa shape index (κ1) is 12.0. The van der Waals surface area contributed by atoms with E-state index in [9.17, 15) is 0 Å². The molecule has 2 N–H and O–H groups in total. The molecular formula is C14H18N4O. The van der Waals surface area contributed by atoms with Crippen LogP contribution >= 0.6 is 0 Å². The second-order valence-corrected chi connectivity index (χ2v) is 4.56. The Morgan fingerprint density at radius 3 is 3.05 bits per heavy atom. The Balaban J connectivity index is 1.92. The summed E-state index contributed by atoms with van der Waals surface area (Å²) in [6.07, 6.45) is 1.83. The van der Waals surface area contributed by atoms with Crippen molar-refractivity contribution in [1.29, 1.82) is 0 Å². The lowest BCUT2D eigenvalue weighted by molar-refractivity contribution is 0.517. The molecule has 1 aromatic carbocycles. The molecule has 100 valence electrons. The number of anilines is 2. The fraction of sp³-hybridized carbons (Fsp3) is 0.357. The van der Waals surface area contributed by atoms with Crippen LogP contribution in [0.5, 0.6) is 0 Å². The van der Waals surface area contributed by atoms with Gasteiger partial charge in [0.1, 0.15) is 5.52 Å². The van der Waals surface area contributed by atoms with Gasteiger partial charge in [0.25, 0.3) is 6.01 Å². The highest BCUT2D eigenvalue weighted by molar-refractivity contribution is 5.88. The van der Waals surface area contributed by atoms with E-state index in [1.807, 2.05) is 24.3 Å². The number of nitrogens with one attached hydrogen (secondary N) is 2. The van der Waals surface area contributed by atoms with Gasteiger partial charge in [-0.3, -0.25) is 0 Å². The Kier molecular flexibility index (Phi) is 3.37. The summed E-state index contributed by atoms with van der Waals surface area (Å²) in [5.74, 6) is 0. The van der Waals surface area contributed by atoms with Crippen LogP contribution in [0.3, 0.4) is 0 Å². The average molecular weight is 258 g/mol. The third-order valence-corrected chi connectivity index (χ3v) is 3.23. The van der Waals surface area contributed by atoms with Crippen LogP contribution < -0.4 is 15.5 Å². The topological polar surface area (TPSA) is 53.3 Å². The molecule has 1 fully saturated rings. The molecule has 1 aliphatic heterocycles. The van der Waals surface area contributed by atoms with Gasteiger partial charge >= 0.3 is 0 Å². The maximum Gasteiger partial charge on any atom is 0.298 e. The summed E-state index contributed by atoms with van der Waals surface area (Å²) < 4.78 is 5.85. The number of hydrogen-bond donors (Lipinski definition) is 2. The molecule has 2 aromatic rings. The zero-order chi connectivity index (χ0) is 13.1. The molecule has 5 nitrogen and oxygen atoms in total. The number of para-hydroxylation sites is 1. The summed E-state index contributed by atoms with van der Waals surface area (Å²) >= 11 is 0. The molecule has 0 aliphatic carbocycles. The Labute approximate surface area is 112 Å². The van der Waals surface area contributed by atoms with E-state index in [2.05, 4.69) is 27.1 Å². The quantitative estimate of drug-likeness (QED) is 0.820. The SMILES string of the molecule is C=CCNc1cccc2oc(N3CCNCC3)nc12. The van der Waals surface area contributed by atoms with Crippen molar-refractivity contribution in [2.24, 2.45) is 0 Å². The van der Waals surface area contributed by atoms with Crippen LogP contribution in [-0.2, 0) is 0 Å². The van der Waals surface area contributed by atoms with Gasteiger partial charge in [-0.2, -0.15) is 4.98 Å². The molecule has 1 aromatic heterocycles. The van der Waals surface area contributed by atoms with Gasteiger partial charge in [0.2, 0.25) is 0 Å². The van der Waals surface area contributed by atoms with E-state index in [0.29, 0.717) is 6.01 Å². The molecular weight excluding hydrogens is 240 g/mol. The van der Waals surface area contributed by atoms with Gasteiger partial charge in [-0.05, 0) is 12.1 Å². The van der Waals surface area contributed by atoms with E-state index in [1.54, 1.807) is 0 Å². The van der Waals surface area contributed by atoms with Gasteiger partial charge in [0.05, 0.1) is 5.69 Å². The van der Waals surface area contributed by atoms with Gasteiger partial charge in [-0.1, -0.05) is 12.1 Å².